The molecule has 214 valence electrons. The number of rotatable bonds is 16. The van der Waals surface area contributed by atoms with Gasteiger partial charge in [0.25, 0.3) is 0 Å². The average molecular weight is 539 g/mol. The van der Waals surface area contributed by atoms with E-state index < -0.39 is 17.4 Å². The summed E-state index contributed by atoms with van der Waals surface area (Å²) in [6.45, 7) is 7.88. The zero-order valence-corrected chi connectivity index (χ0v) is 24.4. The Balaban J connectivity index is 2.15. The predicted molar refractivity (Wildman–Crippen MR) is 153 cm³/mol. The fraction of sp³-hybridized carbons (Fsp3) is 0.545. The lowest BCUT2D eigenvalue weighted by Crippen LogP contribution is -2.31. The second-order valence-electron chi connectivity index (χ2n) is 11.2. The maximum Gasteiger partial charge on any atom is 0.309 e. The fourth-order valence-corrected chi connectivity index (χ4v) is 4.50. The molecule has 0 fully saturated rings. The van der Waals surface area contributed by atoms with E-state index in [1.807, 2.05) is 51.1 Å². The SMILES string of the molecule is CCCc1ccc(CC[C@H](CC(CCCCC(=O)OC)C(=O)OC(C)(C)C)C(=O)OCc2ccccc2)cc1. The third-order valence-electron chi connectivity index (χ3n) is 6.62. The Hall–Kier alpha value is -3.15. The molecule has 0 aromatic heterocycles. The molecule has 6 heteroatoms. The number of carbonyl (C=O) groups is 3. The van der Waals surface area contributed by atoms with Crippen LogP contribution in [0.25, 0.3) is 0 Å². The topological polar surface area (TPSA) is 78.9 Å². The zero-order chi connectivity index (χ0) is 28.7. The van der Waals surface area contributed by atoms with E-state index in [-0.39, 0.29) is 24.5 Å². The van der Waals surface area contributed by atoms with E-state index >= 15 is 0 Å². The first-order valence-corrected chi connectivity index (χ1v) is 14.2. The highest BCUT2D eigenvalue weighted by molar-refractivity contribution is 5.76. The number of ether oxygens (including phenoxy) is 3. The van der Waals surface area contributed by atoms with Crippen molar-refractivity contribution >= 4 is 17.9 Å². The molecule has 2 atom stereocenters. The van der Waals surface area contributed by atoms with Gasteiger partial charge in [-0.2, -0.15) is 0 Å². The molecule has 1 unspecified atom stereocenters. The van der Waals surface area contributed by atoms with Gasteiger partial charge >= 0.3 is 17.9 Å². The molecular formula is C33H46O6. The summed E-state index contributed by atoms with van der Waals surface area (Å²) in [5.41, 5.74) is 2.74. The smallest absolute Gasteiger partial charge is 0.309 e. The van der Waals surface area contributed by atoms with Crippen molar-refractivity contribution in [1.82, 2.24) is 0 Å². The molecule has 6 nitrogen and oxygen atoms in total. The Morgan fingerprint density at radius 2 is 1.38 bits per heavy atom. The second kappa shape index (κ2) is 16.7. The molecule has 2 aromatic rings. The van der Waals surface area contributed by atoms with E-state index in [9.17, 15) is 14.4 Å². The van der Waals surface area contributed by atoms with Crippen molar-refractivity contribution < 1.29 is 28.6 Å². The first-order valence-electron chi connectivity index (χ1n) is 14.2. The van der Waals surface area contributed by atoms with E-state index in [1.165, 1.54) is 12.7 Å². The predicted octanol–water partition coefficient (Wildman–Crippen LogP) is 7.01. The Labute approximate surface area is 234 Å². The molecule has 2 rings (SSSR count). The molecule has 0 heterocycles. The van der Waals surface area contributed by atoms with Crippen LogP contribution in [0.3, 0.4) is 0 Å². The Morgan fingerprint density at radius 1 is 0.769 bits per heavy atom. The van der Waals surface area contributed by atoms with Gasteiger partial charge in [-0.1, -0.05) is 74.4 Å². The van der Waals surface area contributed by atoms with E-state index in [0.29, 0.717) is 44.9 Å². The van der Waals surface area contributed by atoms with Gasteiger partial charge in [-0.3, -0.25) is 14.4 Å². The van der Waals surface area contributed by atoms with Gasteiger partial charge in [0, 0.05) is 6.42 Å². The van der Waals surface area contributed by atoms with Gasteiger partial charge in [0.15, 0.2) is 0 Å². The summed E-state index contributed by atoms with van der Waals surface area (Å²) in [4.78, 5) is 38.1. The number of hydrogen-bond acceptors (Lipinski definition) is 6. The standard InChI is InChI=1S/C33H46O6/c1-6-12-25-17-19-26(20-18-25)21-22-29(31(35)38-24-27-13-8-7-9-14-27)23-28(32(36)39-33(2,3)4)15-10-11-16-30(34)37-5/h7-9,13-14,17-20,28-29H,6,10-12,15-16,21-24H2,1-5H3/t28?,29-/m1/s1. The average Bonchev–Trinajstić information content (AvgIpc) is 2.91. The molecule has 0 aliphatic carbocycles. The minimum absolute atomic E-state index is 0.193. The largest absolute Gasteiger partial charge is 0.469 e. The number of unbranched alkanes of at least 4 members (excludes halogenated alkanes) is 1. The molecule has 0 N–H and O–H groups in total. The van der Waals surface area contributed by atoms with E-state index in [2.05, 4.69) is 31.2 Å². The molecule has 0 amide bonds. The maximum atomic E-state index is 13.3. The van der Waals surface area contributed by atoms with Gasteiger partial charge < -0.3 is 14.2 Å². The van der Waals surface area contributed by atoms with Crippen LogP contribution in [0.4, 0.5) is 0 Å². The molecule has 0 aliphatic rings. The van der Waals surface area contributed by atoms with Crippen LogP contribution in [-0.4, -0.2) is 30.6 Å². The van der Waals surface area contributed by atoms with Gasteiger partial charge in [-0.25, -0.2) is 0 Å². The normalized spacial score (nSPS) is 12.8. The Bertz CT molecular complexity index is 1010. The lowest BCUT2D eigenvalue weighted by Gasteiger charge is -2.26. The molecule has 39 heavy (non-hydrogen) atoms. The first-order chi connectivity index (χ1) is 18.6. The van der Waals surface area contributed by atoms with E-state index in [0.717, 1.165) is 24.0 Å². The van der Waals surface area contributed by atoms with Gasteiger partial charge in [-0.05, 0) is 76.0 Å². The molecule has 0 radical (unpaired) electrons. The maximum absolute atomic E-state index is 13.3. The quantitative estimate of drug-likeness (QED) is 0.130. The molecule has 0 spiro atoms. The van der Waals surface area contributed by atoms with Crippen LogP contribution in [0.5, 0.6) is 0 Å². The van der Waals surface area contributed by atoms with Crippen LogP contribution in [0, 0.1) is 11.8 Å². The van der Waals surface area contributed by atoms with Gasteiger partial charge in [-0.15, -0.1) is 0 Å². The summed E-state index contributed by atoms with van der Waals surface area (Å²) in [6, 6.07) is 18.1. The summed E-state index contributed by atoms with van der Waals surface area (Å²) in [5, 5.41) is 0. The number of aryl methyl sites for hydroxylation is 2. The summed E-state index contributed by atoms with van der Waals surface area (Å²) >= 11 is 0. The van der Waals surface area contributed by atoms with Crippen molar-refractivity contribution in [2.45, 2.75) is 97.7 Å². The van der Waals surface area contributed by atoms with Gasteiger partial charge in [0.2, 0.25) is 0 Å². The van der Waals surface area contributed by atoms with Crippen LogP contribution in [0.1, 0.15) is 89.3 Å². The van der Waals surface area contributed by atoms with Crippen LogP contribution < -0.4 is 0 Å². The van der Waals surface area contributed by atoms with Crippen LogP contribution in [0.15, 0.2) is 54.6 Å². The number of methoxy groups -OCH3 is 1. The number of esters is 3. The van der Waals surface area contributed by atoms with Crippen molar-refractivity contribution in [3.63, 3.8) is 0 Å². The molecule has 0 saturated carbocycles. The van der Waals surface area contributed by atoms with Gasteiger partial charge in [0.1, 0.15) is 12.2 Å². The van der Waals surface area contributed by atoms with Crippen LogP contribution >= 0.6 is 0 Å². The third kappa shape index (κ3) is 13.0. The first kappa shape index (κ1) is 32.1. The highest BCUT2D eigenvalue weighted by atomic mass is 16.6. The summed E-state index contributed by atoms with van der Waals surface area (Å²) in [7, 11) is 1.37. The lowest BCUT2D eigenvalue weighted by molar-refractivity contribution is -0.162. The lowest BCUT2D eigenvalue weighted by atomic mass is 9.86. The minimum Gasteiger partial charge on any atom is -0.469 e. The summed E-state index contributed by atoms with van der Waals surface area (Å²) in [6.07, 6.45) is 5.86. The number of benzene rings is 2. The third-order valence-corrected chi connectivity index (χ3v) is 6.62. The van der Waals surface area contributed by atoms with E-state index in [1.54, 1.807) is 0 Å². The molecule has 2 aromatic carbocycles. The minimum atomic E-state index is -0.634. The molecule has 0 saturated heterocycles. The van der Waals surface area contributed by atoms with Crippen molar-refractivity contribution in [3.8, 4) is 0 Å². The van der Waals surface area contributed by atoms with Crippen molar-refractivity contribution in [3.05, 3.63) is 71.3 Å². The Morgan fingerprint density at radius 3 is 1.97 bits per heavy atom. The number of carbonyl (C=O) groups excluding carboxylic acids is 3. The highest BCUT2D eigenvalue weighted by Crippen LogP contribution is 2.27. The van der Waals surface area contributed by atoms with Crippen LogP contribution in [-0.2, 0) is 48.0 Å². The van der Waals surface area contributed by atoms with Gasteiger partial charge in [0.05, 0.1) is 18.9 Å². The zero-order valence-electron chi connectivity index (χ0n) is 24.4. The van der Waals surface area contributed by atoms with Crippen LogP contribution in [0.2, 0.25) is 0 Å². The highest BCUT2D eigenvalue weighted by Gasteiger charge is 2.31. The monoisotopic (exact) mass is 538 g/mol. The van der Waals surface area contributed by atoms with Crippen molar-refractivity contribution in [1.29, 1.82) is 0 Å². The Kier molecular flexibility index (Phi) is 13.8. The molecule has 0 aliphatic heterocycles. The van der Waals surface area contributed by atoms with E-state index in [4.69, 9.17) is 14.2 Å². The number of hydrogen-bond donors (Lipinski definition) is 0. The fourth-order valence-electron chi connectivity index (χ4n) is 4.50. The molecular weight excluding hydrogens is 492 g/mol. The van der Waals surface area contributed by atoms with Crippen molar-refractivity contribution in [2.24, 2.45) is 11.8 Å². The van der Waals surface area contributed by atoms with Crippen molar-refractivity contribution in [2.75, 3.05) is 7.11 Å². The second-order valence-corrected chi connectivity index (χ2v) is 11.2. The summed E-state index contributed by atoms with van der Waals surface area (Å²) < 4.78 is 16.2. The molecule has 0 bridgehead atoms. The summed E-state index contributed by atoms with van der Waals surface area (Å²) in [5.74, 6) is -1.81.